The molecule has 0 unspecified atom stereocenters. The minimum absolute atomic E-state index is 0.508. The summed E-state index contributed by atoms with van der Waals surface area (Å²) in [4.78, 5) is 0. The molecule has 0 aromatic carbocycles. The topological polar surface area (TPSA) is 42.7 Å². The molecule has 20 heavy (non-hydrogen) atoms. The maximum atomic E-state index is 4.44. The summed E-state index contributed by atoms with van der Waals surface area (Å²) in [6.45, 7) is 9.35. The van der Waals surface area contributed by atoms with Gasteiger partial charge in [-0.2, -0.15) is 0 Å². The molecule has 110 valence electrons. The number of nitrogens with one attached hydrogen (secondary N) is 1. The van der Waals surface area contributed by atoms with Crippen LogP contribution in [-0.2, 0) is 0 Å². The molecule has 1 aromatic heterocycles. The third kappa shape index (κ3) is 3.44. The number of hydrogen-bond acceptors (Lipinski definition) is 4. The van der Waals surface area contributed by atoms with Gasteiger partial charge in [0.05, 0.1) is 0 Å². The Kier molecular flexibility index (Phi) is 4.17. The average Bonchev–Trinajstić information content (AvgIpc) is 3.32. The molecule has 1 heterocycles. The zero-order valence-electron chi connectivity index (χ0n) is 12.4. The monoisotopic (exact) mass is 292 g/mol. The van der Waals surface area contributed by atoms with Crippen molar-refractivity contribution in [3.05, 3.63) is 18.0 Å². The first-order valence-corrected chi connectivity index (χ1v) is 8.61. The molecule has 0 aliphatic heterocycles. The first kappa shape index (κ1) is 14.1. The lowest BCUT2D eigenvalue weighted by atomic mass is 10.3. The van der Waals surface area contributed by atoms with Gasteiger partial charge >= 0.3 is 0 Å². The van der Waals surface area contributed by atoms with Gasteiger partial charge in [0.1, 0.15) is 5.82 Å². The minimum Gasteiger partial charge on any atom is -0.311 e. The Morgan fingerprint density at radius 2 is 2.10 bits per heavy atom. The van der Waals surface area contributed by atoms with E-state index in [1.54, 1.807) is 11.8 Å². The molecule has 2 fully saturated rings. The zero-order valence-corrected chi connectivity index (χ0v) is 13.2. The van der Waals surface area contributed by atoms with Crippen LogP contribution in [0.2, 0.25) is 0 Å². The SMILES string of the molecule is C=C(CNC(C)C)CSc1nnc(C2CC2)n1C1CC1. The van der Waals surface area contributed by atoms with E-state index in [1.165, 1.54) is 37.1 Å². The highest BCUT2D eigenvalue weighted by molar-refractivity contribution is 7.99. The van der Waals surface area contributed by atoms with E-state index < -0.39 is 0 Å². The molecule has 1 N–H and O–H groups in total. The summed E-state index contributed by atoms with van der Waals surface area (Å²) in [5.74, 6) is 2.85. The van der Waals surface area contributed by atoms with Crippen LogP contribution in [0.15, 0.2) is 17.3 Å². The number of hydrogen-bond donors (Lipinski definition) is 1. The molecular weight excluding hydrogens is 268 g/mol. The Labute approximate surface area is 125 Å². The lowest BCUT2D eigenvalue weighted by molar-refractivity contribution is 0.621. The fourth-order valence-corrected chi connectivity index (χ4v) is 3.16. The van der Waals surface area contributed by atoms with E-state index in [0.29, 0.717) is 18.0 Å². The van der Waals surface area contributed by atoms with Crippen LogP contribution in [0.1, 0.15) is 57.3 Å². The maximum absolute atomic E-state index is 4.44. The Bertz CT molecular complexity index is 486. The smallest absolute Gasteiger partial charge is 0.191 e. The van der Waals surface area contributed by atoms with Crippen LogP contribution in [-0.4, -0.2) is 33.1 Å². The summed E-state index contributed by atoms with van der Waals surface area (Å²) < 4.78 is 2.41. The fourth-order valence-electron chi connectivity index (χ4n) is 2.25. The lowest BCUT2D eigenvalue weighted by Gasteiger charge is -2.11. The van der Waals surface area contributed by atoms with Crippen molar-refractivity contribution >= 4 is 11.8 Å². The van der Waals surface area contributed by atoms with Gasteiger partial charge in [-0.25, -0.2) is 0 Å². The molecule has 3 rings (SSSR count). The fraction of sp³-hybridized carbons (Fsp3) is 0.733. The van der Waals surface area contributed by atoms with Gasteiger partial charge in [-0.3, -0.25) is 0 Å². The quantitative estimate of drug-likeness (QED) is 0.590. The molecule has 5 heteroatoms. The Hall–Kier alpha value is -0.810. The van der Waals surface area contributed by atoms with Gasteiger partial charge in [-0.15, -0.1) is 10.2 Å². The summed E-state index contributed by atoms with van der Waals surface area (Å²) in [5, 5.41) is 13.4. The summed E-state index contributed by atoms with van der Waals surface area (Å²) in [6, 6.07) is 1.18. The lowest BCUT2D eigenvalue weighted by Crippen LogP contribution is -2.25. The minimum atomic E-state index is 0.508. The second kappa shape index (κ2) is 5.90. The molecule has 2 aliphatic carbocycles. The van der Waals surface area contributed by atoms with Crippen molar-refractivity contribution in [3.63, 3.8) is 0 Å². The van der Waals surface area contributed by atoms with E-state index in [4.69, 9.17) is 0 Å². The normalized spacial score (nSPS) is 18.8. The van der Waals surface area contributed by atoms with Crippen LogP contribution in [0.4, 0.5) is 0 Å². The zero-order chi connectivity index (χ0) is 14.1. The Morgan fingerprint density at radius 3 is 2.70 bits per heavy atom. The third-order valence-corrected chi connectivity index (χ3v) is 4.80. The number of rotatable bonds is 8. The number of nitrogens with zero attached hydrogens (tertiary/aromatic N) is 3. The summed E-state index contributed by atoms with van der Waals surface area (Å²) in [6.07, 6.45) is 5.17. The predicted octanol–water partition coefficient (Wildman–Crippen LogP) is 3.14. The van der Waals surface area contributed by atoms with E-state index in [1.807, 2.05) is 0 Å². The van der Waals surface area contributed by atoms with Crippen molar-refractivity contribution in [2.75, 3.05) is 12.3 Å². The molecule has 0 atom stereocenters. The molecule has 0 spiro atoms. The molecular formula is C15H24N4S. The van der Waals surface area contributed by atoms with Crippen molar-refractivity contribution in [1.29, 1.82) is 0 Å². The number of thioether (sulfide) groups is 1. The molecule has 4 nitrogen and oxygen atoms in total. The molecule has 0 radical (unpaired) electrons. The van der Waals surface area contributed by atoms with Gasteiger partial charge in [0.25, 0.3) is 0 Å². The summed E-state index contributed by atoms with van der Waals surface area (Å²) in [7, 11) is 0. The molecule has 2 aliphatic rings. The van der Waals surface area contributed by atoms with Gasteiger partial charge in [0, 0.05) is 30.3 Å². The largest absolute Gasteiger partial charge is 0.311 e. The van der Waals surface area contributed by atoms with Crippen molar-refractivity contribution in [2.24, 2.45) is 0 Å². The molecule has 0 bridgehead atoms. The highest BCUT2D eigenvalue weighted by Crippen LogP contribution is 2.46. The van der Waals surface area contributed by atoms with E-state index >= 15 is 0 Å². The van der Waals surface area contributed by atoms with Crippen molar-refractivity contribution in [3.8, 4) is 0 Å². The van der Waals surface area contributed by atoms with Crippen LogP contribution >= 0.6 is 11.8 Å². The first-order chi connectivity index (χ1) is 9.65. The number of aromatic nitrogens is 3. The molecule has 0 amide bonds. The van der Waals surface area contributed by atoms with Gasteiger partial charge < -0.3 is 9.88 Å². The van der Waals surface area contributed by atoms with Crippen molar-refractivity contribution in [1.82, 2.24) is 20.1 Å². The summed E-state index contributed by atoms with van der Waals surface area (Å²) >= 11 is 1.79. The summed E-state index contributed by atoms with van der Waals surface area (Å²) in [5.41, 5.74) is 1.22. The predicted molar refractivity (Wildman–Crippen MR) is 83.3 cm³/mol. The van der Waals surface area contributed by atoms with E-state index in [2.05, 4.69) is 40.5 Å². The van der Waals surface area contributed by atoms with Crippen LogP contribution in [0.3, 0.4) is 0 Å². The van der Waals surface area contributed by atoms with Gasteiger partial charge in [0.2, 0.25) is 0 Å². The Balaban J connectivity index is 1.58. The second-order valence-electron chi connectivity index (χ2n) is 6.29. The highest BCUT2D eigenvalue weighted by atomic mass is 32.2. The van der Waals surface area contributed by atoms with E-state index in [-0.39, 0.29) is 0 Å². The van der Waals surface area contributed by atoms with Crippen LogP contribution in [0, 0.1) is 0 Å². The third-order valence-electron chi connectivity index (χ3n) is 3.71. The van der Waals surface area contributed by atoms with Crippen LogP contribution < -0.4 is 5.32 Å². The van der Waals surface area contributed by atoms with Gasteiger partial charge in [-0.1, -0.05) is 37.8 Å². The van der Waals surface area contributed by atoms with Crippen molar-refractivity contribution < 1.29 is 0 Å². The van der Waals surface area contributed by atoms with Crippen LogP contribution in [0.25, 0.3) is 0 Å². The maximum Gasteiger partial charge on any atom is 0.191 e. The standard InChI is InChI=1S/C15H24N4S/c1-10(2)16-8-11(3)9-20-15-18-17-14(12-4-5-12)19(15)13-6-7-13/h10,12-13,16H,3-9H2,1-2H3. The molecule has 2 saturated carbocycles. The Morgan fingerprint density at radius 1 is 1.35 bits per heavy atom. The first-order valence-electron chi connectivity index (χ1n) is 7.62. The highest BCUT2D eigenvalue weighted by Gasteiger charge is 2.36. The second-order valence-corrected chi connectivity index (χ2v) is 7.23. The van der Waals surface area contributed by atoms with Gasteiger partial charge in [0.15, 0.2) is 5.16 Å². The molecule has 1 aromatic rings. The molecule has 0 saturated heterocycles. The van der Waals surface area contributed by atoms with Crippen LogP contribution in [0.5, 0.6) is 0 Å². The van der Waals surface area contributed by atoms with E-state index in [9.17, 15) is 0 Å². The van der Waals surface area contributed by atoms with Gasteiger partial charge in [-0.05, 0) is 25.7 Å². The van der Waals surface area contributed by atoms with Crippen molar-refractivity contribution in [2.45, 2.75) is 62.7 Å². The average molecular weight is 292 g/mol. The van der Waals surface area contributed by atoms with E-state index in [0.717, 1.165) is 17.5 Å².